The molecule has 26 heavy (non-hydrogen) atoms. The molecule has 0 aliphatic heterocycles. The van der Waals surface area contributed by atoms with Gasteiger partial charge in [0.1, 0.15) is 5.82 Å². The van der Waals surface area contributed by atoms with E-state index in [-0.39, 0.29) is 18.2 Å². The van der Waals surface area contributed by atoms with Gasteiger partial charge in [-0.05, 0) is 17.7 Å². The Morgan fingerprint density at radius 1 is 0.962 bits per heavy atom. The zero-order valence-corrected chi connectivity index (χ0v) is 13.4. The fourth-order valence-electron chi connectivity index (χ4n) is 2.18. The first kappa shape index (κ1) is 19.2. The van der Waals surface area contributed by atoms with Crippen LogP contribution in [0.25, 0.3) is 0 Å². The number of amides is 2. The molecular weight excluding hydrogens is 352 g/mol. The third-order valence-corrected chi connectivity index (χ3v) is 3.54. The lowest BCUT2D eigenvalue weighted by atomic mass is 10.1. The number of hydrogen-bond donors (Lipinski definition) is 2. The second-order valence-corrected chi connectivity index (χ2v) is 5.21. The summed E-state index contributed by atoms with van der Waals surface area (Å²) in [6, 6.07) is 6.44. The lowest BCUT2D eigenvalue weighted by molar-refractivity contribution is -0.116. The van der Waals surface area contributed by atoms with E-state index in [4.69, 9.17) is 0 Å². The maximum atomic E-state index is 13.6. The number of rotatable bonds is 6. The minimum Gasteiger partial charge on any atom is -0.348 e. The fraction of sp³-hybridized carbons (Fsp3) is 0.111. The highest BCUT2D eigenvalue weighted by molar-refractivity contribution is 5.96. The van der Waals surface area contributed by atoms with Gasteiger partial charge in [0.05, 0.1) is 0 Å². The summed E-state index contributed by atoms with van der Waals surface area (Å²) in [6.45, 7) is 2.65. The average Bonchev–Trinajstić information content (AvgIpc) is 2.64. The van der Waals surface area contributed by atoms with Crippen LogP contribution >= 0.6 is 0 Å². The molecule has 0 spiro atoms. The van der Waals surface area contributed by atoms with E-state index in [1.54, 1.807) is 18.2 Å². The minimum absolute atomic E-state index is 0.0301. The Bertz CT molecular complexity index is 869. The fourth-order valence-corrected chi connectivity index (χ4v) is 2.18. The Morgan fingerprint density at radius 2 is 1.65 bits per heavy atom. The van der Waals surface area contributed by atoms with Crippen molar-refractivity contribution in [3.8, 4) is 0 Å². The molecule has 0 unspecified atom stereocenters. The highest BCUT2D eigenvalue weighted by Crippen LogP contribution is 2.19. The number of hydrogen-bond acceptors (Lipinski definition) is 2. The summed E-state index contributed by atoms with van der Waals surface area (Å²) in [4.78, 5) is 23.5. The van der Waals surface area contributed by atoms with Crippen LogP contribution in [0.5, 0.6) is 0 Å². The molecule has 2 aromatic carbocycles. The van der Waals surface area contributed by atoms with Gasteiger partial charge >= 0.3 is 0 Å². The van der Waals surface area contributed by atoms with Crippen molar-refractivity contribution < 1.29 is 27.2 Å². The van der Waals surface area contributed by atoms with Crippen LogP contribution < -0.4 is 10.6 Å². The Labute approximate surface area is 146 Å². The second-order valence-electron chi connectivity index (χ2n) is 5.21. The van der Waals surface area contributed by atoms with Gasteiger partial charge in [-0.1, -0.05) is 24.8 Å². The van der Waals surface area contributed by atoms with Crippen molar-refractivity contribution in [3.05, 3.63) is 82.9 Å². The van der Waals surface area contributed by atoms with Crippen LogP contribution in [0.3, 0.4) is 0 Å². The Hall–Kier alpha value is -3.16. The molecule has 2 N–H and O–H groups in total. The molecule has 2 amide bonds. The summed E-state index contributed by atoms with van der Waals surface area (Å²) in [5, 5.41) is 4.75. The molecule has 0 heterocycles. The normalized spacial score (nSPS) is 10.3. The minimum atomic E-state index is -1.82. The van der Waals surface area contributed by atoms with Gasteiger partial charge in [-0.3, -0.25) is 9.59 Å². The van der Waals surface area contributed by atoms with E-state index in [0.29, 0.717) is 5.56 Å². The van der Waals surface area contributed by atoms with Gasteiger partial charge in [-0.2, -0.15) is 0 Å². The summed E-state index contributed by atoms with van der Waals surface area (Å²) in [5.74, 6) is -7.62. The molecule has 0 aliphatic carbocycles. The van der Waals surface area contributed by atoms with Crippen LogP contribution in [-0.4, -0.2) is 11.8 Å². The van der Waals surface area contributed by atoms with Gasteiger partial charge in [0.2, 0.25) is 5.91 Å². The van der Waals surface area contributed by atoms with Crippen LogP contribution in [-0.2, 0) is 17.9 Å². The zero-order valence-electron chi connectivity index (χ0n) is 13.4. The molecule has 4 nitrogen and oxygen atoms in total. The molecule has 0 aliphatic rings. The van der Waals surface area contributed by atoms with Crippen molar-refractivity contribution in [2.45, 2.75) is 13.1 Å². The molecule has 0 saturated carbocycles. The number of carbonyl (C=O) groups is 2. The summed E-state index contributed by atoms with van der Waals surface area (Å²) in [5.41, 5.74) is -0.193. The summed E-state index contributed by atoms with van der Waals surface area (Å²) >= 11 is 0. The smallest absolute Gasteiger partial charge is 0.251 e. The highest BCUT2D eigenvalue weighted by atomic mass is 19.2. The van der Waals surface area contributed by atoms with Crippen molar-refractivity contribution in [1.29, 1.82) is 0 Å². The maximum Gasteiger partial charge on any atom is 0.251 e. The van der Waals surface area contributed by atoms with Crippen LogP contribution in [0.1, 0.15) is 21.5 Å². The van der Waals surface area contributed by atoms with Crippen molar-refractivity contribution in [2.24, 2.45) is 0 Å². The standard InChI is InChI=1S/C18H14F4N2O2/c1-2-15(25)23-8-10-5-3-4-6-11(10)18(26)24-9-12-13(19)7-14(20)17(22)16(12)21/h2-7H,1,8-9H2,(H,23,25)(H,24,26). The molecule has 0 aromatic heterocycles. The Kier molecular flexibility index (Phi) is 6.11. The second kappa shape index (κ2) is 8.28. The lowest BCUT2D eigenvalue weighted by Gasteiger charge is -2.12. The Balaban J connectivity index is 2.15. The van der Waals surface area contributed by atoms with Crippen molar-refractivity contribution in [1.82, 2.24) is 10.6 Å². The molecule has 136 valence electrons. The molecule has 0 saturated heterocycles. The van der Waals surface area contributed by atoms with Gasteiger partial charge in [0.25, 0.3) is 5.91 Å². The third-order valence-electron chi connectivity index (χ3n) is 3.54. The maximum absolute atomic E-state index is 13.6. The summed E-state index contributed by atoms with van der Waals surface area (Å²) < 4.78 is 53.4. The van der Waals surface area contributed by atoms with E-state index >= 15 is 0 Å². The van der Waals surface area contributed by atoms with Gasteiger partial charge in [-0.25, -0.2) is 17.6 Å². The van der Waals surface area contributed by atoms with Crippen molar-refractivity contribution in [3.63, 3.8) is 0 Å². The van der Waals surface area contributed by atoms with E-state index in [1.807, 2.05) is 0 Å². The molecule has 8 heteroatoms. The first-order chi connectivity index (χ1) is 12.3. The number of benzene rings is 2. The van der Waals surface area contributed by atoms with Crippen LogP contribution in [0.2, 0.25) is 0 Å². The van der Waals surface area contributed by atoms with E-state index in [9.17, 15) is 27.2 Å². The van der Waals surface area contributed by atoms with Crippen LogP contribution in [0.15, 0.2) is 43.0 Å². The SMILES string of the molecule is C=CC(=O)NCc1ccccc1C(=O)NCc1c(F)cc(F)c(F)c1F. The molecular formula is C18H14F4N2O2. The first-order valence-corrected chi connectivity index (χ1v) is 7.43. The van der Waals surface area contributed by atoms with E-state index < -0.39 is 47.2 Å². The molecule has 0 fully saturated rings. The first-order valence-electron chi connectivity index (χ1n) is 7.43. The third kappa shape index (κ3) is 4.27. The summed E-state index contributed by atoms with van der Waals surface area (Å²) in [6.07, 6.45) is 1.07. The highest BCUT2D eigenvalue weighted by Gasteiger charge is 2.20. The molecule has 0 atom stereocenters. The van der Waals surface area contributed by atoms with E-state index in [0.717, 1.165) is 6.08 Å². The topological polar surface area (TPSA) is 58.2 Å². The molecule has 2 rings (SSSR count). The number of nitrogens with one attached hydrogen (secondary N) is 2. The van der Waals surface area contributed by atoms with Crippen molar-refractivity contribution in [2.75, 3.05) is 0 Å². The van der Waals surface area contributed by atoms with Gasteiger partial charge in [-0.15, -0.1) is 0 Å². The molecule has 0 radical (unpaired) electrons. The number of halogens is 4. The predicted molar refractivity (Wildman–Crippen MR) is 85.9 cm³/mol. The monoisotopic (exact) mass is 366 g/mol. The largest absolute Gasteiger partial charge is 0.348 e. The van der Waals surface area contributed by atoms with Crippen molar-refractivity contribution >= 4 is 11.8 Å². The quantitative estimate of drug-likeness (QED) is 0.357. The predicted octanol–water partition coefficient (Wildman–Crippen LogP) is 2.98. The molecule has 0 bridgehead atoms. The van der Waals surface area contributed by atoms with Crippen LogP contribution in [0.4, 0.5) is 17.6 Å². The number of carbonyl (C=O) groups excluding carboxylic acids is 2. The zero-order chi connectivity index (χ0) is 19.3. The van der Waals surface area contributed by atoms with E-state index in [1.165, 1.54) is 6.07 Å². The molecule has 2 aromatic rings. The lowest BCUT2D eigenvalue weighted by Crippen LogP contribution is -2.27. The van der Waals surface area contributed by atoms with Gasteiger partial charge in [0.15, 0.2) is 17.5 Å². The average molecular weight is 366 g/mol. The van der Waals surface area contributed by atoms with Gasteiger partial charge < -0.3 is 10.6 Å². The summed E-state index contributed by atoms with van der Waals surface area (Å²) in [7, 11) is 0. The Morgan fingerprint density at radius 3 is 2.35 bits per heavy atom. The van der Waals surface area contributed by atoms with E-state index in [2.05, 4.69) is 17.2 Å². The van der Waals surface area contributed by atoms with Crippen LogP contribution in [0, 0.1) is 23.3 Å². The van der Waals surface area contributed by atoms with Gasteiger partial charge in [0, 0.05) is 30.3 Å².